The first kappa shape index (κ1) is 21.2. The highest BCUT2D eigenvalue weighted by Gasteiger charge is 2.29. The van der Waals surface area contributed by atoms with Gasteiger partial charge in [-0.05, 0) is 49.6 Å². The summed E-state index contributed by atoms with van der Waals surface area (Å²) in [5.74, 6) is 2.06. The topological polar surface area (TPSA) is 65.2 Å². The third kappa shape index (κ3) is 4.49. The third-order valence-corrected chi connectivity index (χ3v) is 6.17. The lowest BCUT2D eigenvalue weighted by atomic mass is 9.96. The van der Waals surface area contributed by atoms with E-state index in [1.807, 2.05) is 41.3 Å². The number of rotatable bonds is 7. The van der Waals surface area contributed by atoms with Crippen molar-refractivity contribution in [2.24, 2.45) is 0 Å². The number of hydrogen-bond acceptors (Lipinski definition) is 4. The fraction of sp³-hybridized carbons (Fsp3) is 0.346. The predicted molar refractivity (Wildman–Crippen MR) is 127 cm³/mol. The molecule has 1 fully saturated rings. The number of nitrogens with zero attached hydrogens (tertiary/aromatic N) is 5. The van der Waals surface area contributed by atoms with Gasteiger partial charge >= 0.3 is 0 Å². The van der Waals surface area contributed by atoms with Gasteiger partial charge in [-0.1, -0.05) is 37.3 Å². The molecule has 7 nitrogen and oxygen atoms in total. The number of hydrogen-bond donors (Lipinski definition) is 0. The molecule has 1 atom stereocenters. The van der Waals surface area contributed by atoms with Crippen LogP contribution in [-0.2, 0) is 13.3 Å². The molecular weight excluding hydrogens is 414 g/mol. The number of benzene rings is 2. The summed E-state index contributed by atoms with van der Waals surface area (Å²) >= 11 is 0. The molecule has 0 N–H and O–H groups in total. The van der Waals surface area contributed by atoms with E-state index < -0.39 is 0 Å². The van der Waals surface area contributed by atoms with Crippen molar-refractivity contribution in [1.82, 2.24) is 24.2 Å². The Bertz CT molecular complexity index is 1230. The number of carbonyl (C=O) groups excluding carboxylic acids is 1. The van der Waals surface area contributed by atoms with Crippen LogP contribution in [0, 0.1) is 0 Å². The summed E-state index contributed by atoms with van der Waals surface area (Å²) in [7, 11) is 0. The fourth-order valence-electron chi connectivity index (χ4n) is 4.60. The van der Waals surface area contributed by atoms with Gasteiger partial charge in [0, 0.05) is 31.7 Å². The van der Waals surface area contributed by atoms with Gasteiger partial charge in [0.15, 0.2) is 12.4 Å². The lowest BCUT2D eigenvalue weighted by molar-refractivity contribution is 0.0695. The van der Waals surface area contributed by atoms with Crippen molar-refractivity contribution in [2.75, 3.05) is 13.1 Å². The van der Waals surface area contributed by atoms with Gasteiger partial charge in [-0.2, -0.15) is 5.10 Å². The van der Waals surface area contributed by atoms with Gasteiger partial charge in [0.25, 0.3) is 5.91 Å². The van der Waals surface area contributed by atoms with Crippen molar-refractivity contribution in [1.29, 1.82) is 0 Å². The van der Waals surface area contributed by atoms with E-state index in [0.717, 1.165) is 49.4 Å². The van der Waals surface area contributed by atoms with Crippen molar-refractivity contribution in [3.63, 3.8) is 0 Å². The van der Waals surface area contributed by atoms with Crippen LogP contribution in [0.2, 0.25) is 0 Å². The van der Waals surface area contributed by atoms with Crippen LogP contribution in [0.15, 0.2) is 66.9 Å². The molecule has 0 aliphatic carbocycles. The molecule has 1 amide bonds. The third-order valence-electron chi connectivity index (χ3n) is 6.17. The van der Waals surface area contributed by atoms with Crippen LogP contribution in [0.3, 0.4) is 0 Å². The number of aromatic nitrogens is 4. The van der Waals surface area contributed by atoms with Crippen LogP contribution >= 0.6 is 0 Å². The molecule has 1 saturated heterocycles. The highest BCUT2D eigenvalue weighted by Crippen LogP contribution is 2.30. The zero-order valence-corrected chi connectivity index (χ0v) is 18.9. The van der Waals surface area contributed by atoms with E-state index in [1.54, 1.807) is 16.9 Å². The van der Waals surface area contributed by atoms with Gasteiger partial charge in [-0.3, -0.25) is 4.79 Å². The standard InChI is InChI=1S/C26H29N5O2/c1-2-15-31-24-13-7-6-12-22(24)27-25(31)20-9-8-16-29(18-20)26(32)23-14-17-30(28-23)19-33-21-10-4-3-5-11-21/h3-7,10-14,17,20H,2,8-9,15-16,18-19H2,1H3. The molecule has 2 aromatic carbocycles. The molecule has 0 radical (unpaired) electrons. The van der Waals surface area contributed by atoms with Gasteiger partial charge in [-0.15, -0.1) is 0 Å². The summed E-state index contributed by atoms with van der Waals surface area (Å²) in [5, 5.41) is 4.46. The molecule has 2 aromatic heterocycles. The molecule has 0 bridgehead atoms. The molecule has 0 saturated carbocycles. The first-order valence-corrected chi connectivity index (χ1v) is 11.7. The quantitative estimate of drug-likeness (QED) is 0.415. The normalized spacial score (nSPS) is 16.3. The van der Waals surface area contributed by atoms with Crippen LogP contribution < -0.4 is 4.74 Å². The Morgan fingerprint density at radius 3 is 2.76 bits per heavy atom. The maximum atomic E-state index is 13.2. The number of likely N-dealkylation sites (tertiary alicyclic amines) is 1. The molecule has 5 rings (SSSR count). The maximum absolute atomic E-state index is 13.2. The molecular formula is C26H29N5O2. The van der Waals surface area contributed by atoms with E-state index in [2.05, 4.69) is 34.8 Å². The minimum Gasteiger partial charge on any atom is -0.471 e. The molecule has 1 unspecified atom stereocenters. The smallest absolute Gasteiger partial charge is 0.274 e. The highest BCUT2D eigenvalue weighted by atomic mass is 16.5. The average Bonchev–Trinajstić information content (AvgIpc) is 3.49. The monoisotopic (exact) mass is 443 g/mol. The highest BCUT2D eigenvalue weighted by molar-refractivity contribution is 5.92. The van der Waals surface area contributed by atoms with Crippen LogP contribution in [0.25, 0.3) is 11.0 Å². The predicted octanol–water partition coefficient (Wildman–Crippen LogP) is 4.70. The van der Waals surface area contributed by atoms with Crippen LogP contribution in [0.5, 0.6) is 5.75 Å². The van der Waals surface area contributed by atoms with E-state index >= 15 is 0 Å². The van der Waals surface area contributed by atoms with Crippen LogP contribution in [0.1, 0.15) is 48.4 Å². The van der Waals surface area contributed by atoms with Gasteiger partial charge in [0.2, 0.25) is 0 Å². The van der Waals surface area contributed by atoms with Gasteiger partial charge in [0.1, 0.15) is 11.6 Å². The molecule has 7 heteroatoms. The van der Waals surface area contributed by atoms with E-state index in [-0.39, 0.29) is 18.6 Å². The lowest BCUT2D eigenvalue weighted by Crippen LogP contribution is -2.40. The van der Waals surface area contributed by atoms with Crippen molar-refractivity contribution >= 4 is 16.9 Å². The molecule has 3 heterocycles. The summed E-state index contributed by atoms with van der Waals surface area (Å²) in [6.07, 6.45) is 4.84. The van der Waals surface area contributed by atoms with Crippen molar-refractivity contribution in [2.45, 2.75) is 45.4 Å². The average molecular weight is 444 g/mol. The minimum absolute atomic E-state index is 0.0312. The lowest BCUT2D eigenvalue weighted by Gasteiger charge is -2.32. The number of imidazole rings is 1. The second kappa shape index (κ2) is 9.48. The van der Waals surface area contributed by atoms with E-state index in [0.29, 0.717) is 12.2 Å². The first-order chi connectivity index (χ1) is 16.2. The molecule has 1 aliphatic rings. The number of piperidine rings is 1. The first-order valence-electron chi connectivity index (χ1n) is 11.7. The second-order valence-electron chi connectivity index (χ2n) is 8.53. The Labute approximate surface area is 193 Å². The summed E-state index contributed by atoms with van der Waals surface area (Å²) in [6.45, 7) is 4.80. The minimum atomic E-state index is -0.0312. The molecule has 1 aliphatic heterocycles. The Morgan fingerprint density at radius 1 is 1.09 bits per heavy atom. The number of fused-ring (bicyclic) bond motifs is 1. The van der Waals surface area contributed by atoms with Gasteiger partial charge in [-0.25, -0.2) is 9.67 Å². The molecule has 4 aromatic rings. The van der Waals surface area contributed by atoms with Crippen molar-refractivity contribution in [3.05, 3.63) is 78.4 Å². The fourth-order valence-corrected chi connectivity index (χ4v) is 4.60. The Balaban J connectivity index is 1.29. The van der Waals surface area contributed by atoms with Crippen LogP contribution in [0.4, 0.5) is 0 Å². The Hall–Kier alpha value is -3.61. The number of para-hydroxylation sites is 3. The summed E-state index contributed by atoms with van der Waals surface area (Å²) in [6, 6.07) is 19.7. The summed E-state index contributed by atoms with van der Waals surface area (Å²) in [5.41, 5.74) is 2.66. The maximum Gasteiger partial charge on any atom is 0.274 e. The summed E-state index contributed by atoms with van der Waals surface area (Å²) < 4.78 is 9.73. The number of amides is 1. The second-order valence-corrected chi connectivity index (χ2v) is 8.53. The van der Waals surface area contributed by atoms with E-state index in [4.69, 9.17) is 9.72 Å². The molecule has 33 heavy (non-hydrogen) atoms. The molecule has 0 spiro atoms. The zero-order chi connectivity index (χ0) is 22.6. The number of carbonyl (C=O) groups is 1. The van der Waals surface area contributed by atoms with Crippen molar-refractivity contribution in [3.8, 4) is 5.75 Å². The van der Waals surface area contributed by atoms with Gasteiger partial charge < -0.3 is 14.2 Å². The zero-order valence-electron chi connectivity index (χ0n) is 18.9. The number of aryl methyl sites for hydroxylation is 1. The van der Waals surface area contributed by atoms with Gasteiger partial charge in [0.05, 0.1) is 11.0 Å². The van der Waals surface area contributed by atoms with Crippen LogP contribution in [-0.4, -0.2) is 43.2 Å². The number of ether oxygens (including phenoxy) is 1. The van der Waals surface area contributed by atoms with E-state index in [9.17, 15) is 4.79 Å². The van der Waals surface area contributed by atoms with Crippen molar-refractivity contribution < 1.29 is 9.53 Å². The van der Waals surface area contributed by atoms with E-state index in [1.165, 1.54) is 5.52 Å². The summed E-state index contributed by atoms with van der Waals surface area (Å²) in [4.78, 5) is 20.1. The Morgan fingerprint density at radius 2 is 1.91 bits per heavy atom. The SMILES string of the molecule is CCCn1c(C2CCCN(C(=O)c3ccn(COc4ccccc4)n3)C2)nc2ccccc21. The largest absolute Gasteiger partial charge is 0.471 e. The Kier molecular flexibility index (Phi) is 6.11. The molecule has 170 valence electrons.